The van der Waals surface area contributed by atoms with E-state index in [9.17, 15) is 9.18 Å². The van der Waals surface area contributed by atoms with Gasteiger partial charge in [-0.2, -0.15) is 0 Å². The minimum atomic E-state index is -0.255. The van der Waals surface area contributed by atoms with E-state index >= 15 is 0 Å². The maximum absolute atomic E-state index is 13.2. The van der Waals surface area contributed by atoms with Crippen molar-refractivity contribution < 1.29 is 9.18 Å². The van der Waals surface area contributed by atoms with Crippen LogP contribution in [-0.4, -0.2) is 5.78 Å². The van der Waals surface area contributed by atoms with Crippen LogP contribution in [0.15, 0.2) is 18.2 Å². The molecule has 1 fully saturated rings. The second-order valence-corrected chi connectivity index (χ2v) is 5.44. The molecule has 0 atom stereocenters. The number of hydrogen-bond donors (Lipinski definition) is 0. The smallest absolute Gasteiger partial charge is 0.143 e. The highest BCUT2D eigenvalue weighted by molar-refractivity contribution is 5.87. The predicted octanol–water partition coefficient (Wildman–Crippen LogP) is 3.83. The summed E-state index contributed by atoms with van der Waals surface area (Å²) in [7, 11) is 0. The highest BCUT2D eigenvalue weighted by Gasteiger charge is 2.35. The Balaban J connectivity index is 2.15. The van der Waals surface area contributed by atoms with Crippen LogP contribution in [0.4, 0.5) is 4.39 Å². The number of ketones is 1. The molecule has 1 aromatic rings. The molecule has 2 rings (SSSR count). The van der Waals surface area contributed by atoms with Gasteiger partial charge < -0.3 is 0 Å². The van der Waals surface area contributed by atoms with Crippen LogP contribution in [0.2, 0.25) is 0 Å². The first-order chi connectivity index (χ1) is 8.01. The predicted molar refractivity (Wildman–Crippen MR) is 66.4 cm³/mol. The molecule has 0 radical (unpaired) electrons. The van der Waals surface area contributed by atoms with E-state index in [1.165, 1.54) is 12.1 Å². The van der Waals surface area contributed by atoms with E-state index in [1.807, 2.05) is 6.92 Å². The van der Waals surface area contributed by atoms with Gasteiger partial charge in [0.1, 0.15) is 11.6 Å². The summed E-state index contributed by atoms with van der Waals surface area (Å²) >= 11 is 0. The van der Waals surface area contributed by atoms with Crippen molar-refractivity contribution in [2.75, 3.05) is 0 Å². The fourth-order valence-corrected chi connectivity index (χ4v) is 2.65. The molecule has 0 amide bonds. The zero-order valence-electron chi connectivity index (χ0n) is 10.6. The molecular formula is C15H19FO. The number of Topliss-reactive ketones (excluding diaryl/α,β-unsaturated/α-hetero) is 1. The summed E-state index contributed by atoms with van der Waals surface area (Å²) in [5.74, 6) is 0.0127. The van der Waals surface area contributed by atoms with Gasteiger partial charge in [0.2, 0.25) is 0 Å². The van der Waals surface area contributed by atoms with E-state index in [-0.39, 0.29) is 17.0 Å². The SMILES string of the molecule is Cc1ccc(F)cc1CC(=O)C1(C)CCCC1. The van der Waals surface area contributed by atoms with Crippen molar-refractivity contribution in [3.63, 3.8) is 0 Å². The molecule has 0 aromatic heterocycles. The summed E-state index contributed by atoms with van der Waals surface area (Å²) < 4.78 is 13.2. The van der Waals surface area contributed by atoms with Gasteiger partial charge >= 0.3 is 0 Å². The highest BCUT2D eigenvalue weighted by Crippen LogP contribution is 2.39. The van der Waals surface area contributed by atoms with Gasteiger partial charge in [-0.3, -0.25) is 4.79 Å². The van der Waals surface area contributed by atoms with E-state index in [0.717, 1.165) is 36.8 Å². The van der Waals surface area contributed by atoms with Crippen LogP contribution >= 0.6 is 0 Å². The first-order valence-corrected chi connectivity index (χ1v) is 6.30. The van der Waals surface area contributed by atoms with Crippen LogP contribution in [0.5, 0.6) is 0 Å². The Morgan fingerprint density at radius 2 is 2.00 bits per heavy atom. The Bertz CT molecular complexity index is 431. The molecule has 1 nitrogen and oxygen atoms in total. The third-order valence-electron chi connectivity index (χ3n) is 4.04. The summed E-state index contributed by atoms with van der Waals surface area (Å²) in [5, 5.41) is 0. The second-order valence-electron chi connectivity index (χ2n) is 5.44. The minimum absolute atomic E-state index is 0.168. The topological polar surface area (TPSA) is 17.1 Å². The average molecular weight is 234 g/mol. The van der Waals surface area contributed by atoms with E-state index in [0.29, 0.717) is 6.42 Å². The van der Waals surface area contributed by atoms with Crippen molar-refractivity contribution in [1.29, 1.82) is 0 Å². The molecule has 0 unspecified atom stereocenters. The fourth-order valence-electron chi connectivity index (χ4n) is 2.65. The number of benzene rings is 1. The zero-order valence-corrected chi connectivity index (χ0v) is 10.6. The molecule has 2 heteroatoms. The Labute approximate surface area is 102 Å². The maximum Gasteiger partial charge on any atom is 0.143 e. The highest BCUT2D eigenvalue weighted by atomic mass is 19.1. The molecule has 1 aromatic carbocycles. The van der Waals surface area contributed by atoms with E-state index in [2.05, 4.69) is 6.92 Å². The van der Waals surface area contributed by atoms with Crippen molar-refractivity contribution in [3.8, 4) is 0 Å². The minimum Gasteiger partial charge on any atom is -0.299 e. The molecule has 0 saturated heterocycles. The summed E-state index contributed by atoms with van der Waals surface area (Å²) in [4.78, 5) is 12.3. The average Bonchev–Trinajstić information content (AvgIpc) is 2.72. The van der Waals surface area contributed by atoms with E-state index in [1.54, 1.807) is 6.07 Å². The molecule has 0 aliphatic heterocycles. The lowest BCUT2D eigenvalue weighted by atomic mass is 9.81. The molecule has 1 aliphatic carbocycles. The third kappa shape index (κ3) is 2.56. The van der Waals surface area contributed by atoms with Gasteiger partial charge in [0.05, 0.1) is 0 Å². The summed E-state index contributed by atoms with van der Waals surface area (Å²) in [6, 6.07) is 4.68. The number of carbonyl (C=O) groups is 1. The largest absolute Gasteiger partial charge is 0.299 e. The van der Waals surface area contributed by atoms with Gasteiger partial charge in [0.25, 0.3) is 0 Å². The lowest BCUT2D eigenvalue weighted by Crippen LogP contribution is -2.26. The van der Waals surface area contributed by atoms with Crippen LogP contribution in [0.1, 0.15) is 43.7 Å². The van der Waals surface area contributed by atoms with Crippen LogP contribution in [-0.2, 0) is 11.2 Å². The third-order valence-corrected chi connectivity index (χ3v) is 4.04. The lowest BCUT2D eigenvalue weighted by Gasteiger charge is -2.22. The standard InChI is InChI=1S/C15H19FO/c1-11-5-6-13(16)9-12(11)10-14(17)15(2)7-3-4-8-15/h5-6,9H,3-4,7-8,10H2,1-2H3. The Hall–Kier alpha value is -1.18. The Morgan fingerprint density at radius 1 is 1.35 bits per heavy atom. The van der Waals surface area contributed by atoms with Crippen molar-refractivity contribution in [2.45, 2.75) is 46.0 Å². The summed E-state index contributed by atoms with van der Waals surface area (Å²) in [5.41, 5.74) is 1.67. The molecule has 0 heterocycles. The summed E-state index contributed by atoms with van der Waals surface area (Å²) in [6.45, 7) is 3.98. The first kappa shape index (κ1) is 12.3. The normalized spacial score (nSPS) is 18.3. The molecule has 1 aliphatic rings. The number of aryl methyl sites for hydroxylation is 1. The number of rotatable bonds is 3. The zero-order chi connectivity index (χ0) is 12.5. The molecular weight excluding hydrogens is 215 g/mol. The van der Waals surface area contributed by atoms with Gasteiger partial charge in [0, 0.05) is 11.8 Å². The molecule has 0 N–H and O–H groups in total. The molecule has 0 spiro atoms. The van der Waals surface area contributed by atoms with Gasteiger partial charge in [-0.15, -0.1) is 0 Å². The number of carbonyl (C=O) groups excluding carboxylic acids is 1. The first-order valence-electron chi connectivity index (χ1n) is 6.30. The Kier molecular flexibility index (Phi) is 3.32. The molecule has 17 heavy (non-hydrogen) atoms. The number of halogens is 1. The van der Waals surface area contributed by atoms with Crippen molar-refractivity contribution in [1.82, 2.24) is 0 Å². The van der Waals surface area contributed by atoms with Gasteiger partial charge in [0.15, 0.2) is 0 Å². The monoisotopic (exact) mass is 234 g/mol. The van der Waals surface area contributed by atoms with Crippen molar-refractivity contribution in [2.24, 2.45) is 5.41 Å². The van der Waals surface area contributed by atoms with Crippen molar-refractivity contribution >= 4 is 5.78 Å². The van der Waals surface area contributed by atoms with Crippen molar-refractivity contribution in [3.05, 3.63) is 35.1 Å². The summed E-state index contributed by atoms with van der Waals surface area (Å²) in [6.07, 6.45) is 4.63. The van der Waals surface area contributed by atoms with E-state index in [4.69, 9.17) is 0 Å². The fraction of sp³-hybridized carbons (Fsp3) is 0.533. The number of hydrogen-bond acceptors (Lipinski definition) is 1. The lowest BCUT2D eigenvalue weighted by molar-refractivity contribution is -0.126. The van der Waals surface area contributed by atoms with Gasteiger partial charge in [-0.1, -0.05) is 25.8 Å². The van der Waals surface area contributed by atoms with Crippen LogP contribution in [0, 0.1) is 18.2 Å². The van der Waals surface area contributed by atoms with Gasteiger partial charge in [-0.25, -0.2) is 4.39 Å². The van der Waals surface area contributed by atoms with Gasteiger partial charge in [-0.05, 0) is 43.0 Å². The molecule has 0 bridgehead atoms. The maximum atomic E-state index is 13.2. The van der Waals surface area contributed by atoms with Crippen LogP contribution < -0.4 is 0 Å². The van der Waals surface area contributed by atoms with E-state index < -0.39 is 0 Å². The quantitative estimate of drug-likeness (QED) is 0.777. The van der Waals surface area contributed by atoms with Crippen LogP contribution in [0.3, 0.4) is 0 Å². The van der Waals surface area contributed by atoms with Crippen LogP contribution in [0.25, 0.3) is 0 Å². The molecule has 1 saturated carbocycles. The second kappa shape index (κ2) is 4.59. The Morgan fingerprint density at radius 3 is 2.65 bits per heavy atom. The molecule has 92 valence electrons.